The van der Waals surface area contributed by atoms with Crippen molar-refractivity contribution in [1.82, 2.24) is 5.32 Å². The fourth-order valence-corrected chi connectivity index (χ4v) is 1.93. The number of carbonyl (C=O) groups is 1. The number of benzene rings is 1. The summed E-state index contributed by atoms with van der Waals surface area (Å²) in [4.78, 5) is 11.9. The second-order valence-corrected chi connectivity index (χ2v) is 4.48. The van der Waals surface area contributed by atoms with Crippen molar-refractivity contribution >= 4 is 5.91 Å². The number of nitrogens with one attached hydrogen (secondary N) is 1. The van der Waals surface area contributed by atoms with Gasteiger partial charge < -0.3 is 14.5 Å². The molecule has 0 spiro atoms. The van der Waals surface area contributed by atoms with E-state index in [-0.39, 0.29) is 5.91 Å². The lowest BCUT2D eigenvalue weighted by atomic mass is 10.1. The second kappa shape index (κ2) is 6.80. The third-order valence-electron chi connectivity index (χ3n) is 3.07. The van der Waals surface area contributed by atoms with Crippen molar-refractivity contribution in [2.24, 2.45) is 0 Å². The molecule has 0 aliphatic carbocycles. The first-order chi connectivity index (χ1) is 9.72. The average Bonchev–Trinajstić information content (AvgIpc) is 2.96. The maximum absolute atomic E-state index is 11.9. The van der Waals surface area contributed by atoms with Gasteiger partial charge >= 0.3 is 0 Å². The zero-order valence-corrected chi connectivity index (χ0v) is 11.8. The number of methoxy groups -OCH3 is 1. The average molecular weight is 273 g/mol. The molecule has 0 radical (unpaired) electrons. The Morgan fingerprint density at radius 2 is 2.15 bits per heavy atom. The number of hydrogen-bond donors (Lipinski definition) is 1. The van der Waals surface area contributed by atoms with Gasteiger partial charge in [-0.1, -0.05) is 19.1 Å². The number of ether oxygens (including phenoxy) is 1. The number of furan rings is 1. The predicted molar refractivity (Wildman–Crippen MR) is 77.1 cm³/mol. The molecule has 2 rings (SSSR count). The molecule has 0 saturated carbocycles. The van der Waals surface area contributed by atoms with Crippen LogP contribution >= 0.6 is 0 Å². The van der Waals surface area contributed by atoms with Gasteiger partial charge in [-0.3, -0.25) is 4.79 Å². The Bertz CT molecular complexity index is 575. The largest absolute Gasteiger partial charge is 0.497 e. The lowest BCUT2D eigenvalue weighted by molar-refractivity contribution is 0.0925. The number of aryl methyl sites for hydroxylation is 1. The van der Waals surface area contributed by atoms with Crippen molar-refractivity contribution < 1.29 is 13.9 Å². The van der Waals surface area contributed by atoms with Crippen LogP contribution < -0.4 is 10.1 Å². The van der Waals surface area contributed by atoms with Gasteiger partial charge in [0.15, 0.2) is 5.76 Å². The normalized spacial score (nSPS) is 10.3. The molecule has 2 aromatic rings. The van der Waals surface area contributed by atoms with E-state index in [0.717, 1.165) is 29.9 Å². The highest BCUT2D eigenvalue weighted by atomic mass is 16.5. The van der Waals surface area contributed by atoms with Crippen LogP contribution in [0.4, 0.5) is 0 Å². The predicted octanol–water partition coefficient (Wildman–Crippen LogP) is 2.82. The number of amides is 1. The minimum Gasteiger partial charge on any atom is -0.497 e. The highest BCUT2D eigenvalue weighted by molar-refractivity contribution is 5.91. The molecule has 1 aromatic heterocycles. The third kappa shape index (κ3) is 3.63. The fourth-order valence-electron chi connectivity index (χ4n) is 1.93. The molecule has 0 atom stereocenters. The molecule has 0 fully saturated rings. The van der Waals surface area contributed by atoms with Gasteiger partial charge in [-0.2, -0.15) is 0 Å². The molecular weight excluding hydrogens is 254 g/mol. The molecule has 0 aliphatic rings. The zero-order chi connectivity index (χ0) is 14.4. The molecule has 4 nitrogen and oxygen atoms in total. The van der Waals surface area contributed by atoms with Gasteiger partial charge in [-0.25, -0.2) is 0 Å². The molecular formula is C16H19NO3. The number of hydrogen-bond acceptors (Lipinski definition) is 3. The lowest BCUT2D eigenvalue weighted by Gasteiger charge is -2.05. The van der Waals surface area contributed by atoms with E-state index < -0.39 is 0 Å². The monoisotopic (exact) mass is 273 g/mol. The summed E-state index contributed by atoms with van der Waals surface area (Å²) in [7, 11) is 1.64. The first-order valence-corrected chi connectivity index (χ1v) is 6.72. The summed E-state index contributed by atoms with van der Waals surface area (Å²) in [5.74, 6) is 1.84. The third-order valence-corrected chi connectivity index (χ3v) is 3.07. The van der Waals surface area contributed by atoms with Gasteiger partial charge in [-0.15, -0.1) is 0 Å². The van der Waals surface area contributed by atoms with E-state index >= 15 is 0 Å². The van der Waals surface area contributed by atoms with E-state index in [9.17, 15) is 4.79 Å². The summed E-state index contributed by atoms with van der Waals surface area (Å²) >= 11 is 0. The van der Waals surface area contributed by atoms with Crippen LogP contribution in [0.25, 0.3) is 0 Å². The van der Waals surface area contributed by atoms with Crippen LogP contribution in [0.3, 0.4) is 0 Å². The molecule has 1 aromatic carbocycles. The SMILES string of the molecule is CCc1ccc(C(=O)NCCc2cccc(OC)c2)o1. The van der Waals surface area contributed by atoms with Crippen molar-refractivity contribution in [1.29, 1.82) is 0 Å². The summed E-state index contributed by atoms with van der Waals surface area (Å²) in [5.41, 5.74) is 1.12. The Hall–Kier alpha value is -2.23. The molecule has 0 aliphatic heterocycles. The zero-order valence-electron chi connectivity index (χ0n) is 11.8. The molecule has 0 bridgehead atoms. The van der Waals surface area contributed by atoms with Crippen LogP contribution in [-0.4, -0.2) is 19.6 Å². The topological polar surface area (TPSA) is 51.5 Å². The van der Waals surface area contributed by atoms with E-state index in [0.29, 0.717) is 12.3 Å². The van der Waals surface area contributed by atoms with Gasteiger partial charge in [0.1, 0.15) is 11.5 Å². The van der Waals surface area contributed by atoms with Gasteiger partial charge in [-0.05, 0) is 36.2 Å². The molecule has 1 heterocycles. The van der Waals surface area contributed by atoms with Gasteiger partial charge in [0.2, 0.25) is 0 Å². The van der Waals surface area contributed by atoms with E-state index in [1.54, 1.807) is 13.2 Å². The molecule has 0 saturated heterocycles. The van der Waals surface area contributed by atoms with E-state index in [2.05, 4.69) is 5.32 Å². The van der Waals surface area contributed by atoms with Gasteiger partial charge in [0.25, 0.3) is 5.91 Å². The summed E-state index contributed by atoms with van der Waals surface area (Å²) in [6.07, 6.45) is 1.54. The standard InChI is InChI=1S/C16H19NO3/c1-3-13-7-8-15(20-13)16(18)17-10-9-12-5-4-6-14(11-12)19-2/h4-8,11H,3,9-10H2,1-2H3,(H,17,18). The van der Waals surface area contributed by atoms with Crippen molar-refractivity contribution in [2.75, 3.05) is 13.7 Å². The summed E-state index contributed by atoms with van der Waals surface area (Å²) < 4.78 is 10.6. The molecule has 106 valence electrons. The van der Waals surface area contributed by atoms with Crippen molar-refractivity contribution in [3.05, 3.63) is 53.5 Å². The minimum absolute atomic E-state index is 0.174. The minimum atomic E-state index is -0.174. The summed E-state index contributed by atoms with van der Waals surface area (Å²) in [6, 6.07) is 11.4. The molecule has 0 unspecified atom stereocenters. The summed E-state index contributed by atoms with van der Waals surface area (Å²) in [6.45, 7) is 2.55. The van der Waals surface area contributed by atoms with Crippen LogP contribution in [0.2, 0.25) is 0 Å². The highest BCUT2D eigenvalue weighted by Crippen LogP contribution is 2.13. The van der Waals surface area contributed by atoms with Gasteiger partial charge in [0, 0.05) is 13.0 Å². The molecule has 20 heavy (non-hydrogen) atoms. The molecule has 1 N–H and O–H groups in total. The summed E-state index contributed by atoms with van der Waals surface area (Å²) in [5, 5.41) is 2.85. The Kier molecular flexibility index (Phi) is 4.82. The Morgan fingerprint density at radius 3 is 2.85 bits per heavy atom. The Balaban J connectivity index is 1.84. The van der Waals surface area contributed by atoms with E-state index in [1.807, 2.05) is 37.3 Å². The van der Waals surface area contributed by atoms with Crippen LogP contribution in [0.15, 0.2) is 40.8 Å². The first-order valence-electron chi connectivity index (χ1n) is 6.72. The van der Waals surface area contributed by atoms with Crippen molar-refractivity contribution in [3.8, 4) is 5.75 Å². The van der Waals surface area contributed by atoms with E-state index in [1.165, 1.54) is 0 Å². The van der Waals surface area contributed by atoms with Crippen LogP contribution in [-0.2, 0) is 12.8 Å². The quantitative estimate of drug-likeness (QED) is 0.880. The number of carbonyl (C=O) groups excluding carboxylic acids is 1. The second-order valence-electron chi connectivity index (χ2n) is 4.48. The van der Waals surface area contributed by atoms with Crippen molar-refractivity contribution in [3.63, 3.8) is 0 Å². The molecule has 4 heteroatoms. The molecule has 1 amide bonds. The van der Waals surface area contributed by atoms with Crippen molar-refractivity contribution in [2.45, 2.75) is 19.8 Å². The lowest BCUT2D eigenvalue weighted by Crippen LogP contribution is -2.25. The highest BCUT2D eigenvalue weighted by Gasteiger charge is 2.09. The number of rotatable bonds is 6. The van der Waals surface area contributed by atoms with E-state index in [4.69, 9.17) is 9.15 Å². The van der Waals surface area contributed by atoms with Crippen LogP contribution in [0, 0.1) is 0 Å². The maximum Gasteiger partial charge on any atom is 0.287 e. The smallest absolute Gasteiger partial charge is 0.287 e. The Labute approximate surface area is 118 Å². The van der Waals surface area contributed by atoms with Crippen LogP contribution in [0.5, 0.6) is 5.75 Å². The Morgan fingerprint density at radius 1 is 1.30 bits per heavy atom. The maximum atomic E-state index is 11.9. The first kappa shape index (κ1) is 14.2. The van der Waals surface area contributed by atoms with Gasteiger partial charge in [0.05, 0.1) is 7.11 Å². The fraction of sp³-hybridized carbons (Fsp3) is 0.312. The van der Waals surface area contributed by atoms with Crippen LogP contribution in [0.1, 0.15) is 28.8 Å².